The minimum atomic E-state index is -0.483. The van der Waals surface area contributed by atoms with Gasteiger partial charge in [-0.15, -0.1) is 0 Å². The van der Waals surface area contributed by atoms with Crippen LogP contribution in [0.25, 0.3) is 5.69 Å². The highest BCUT2D eigenvalue weighted by Gasteiger charge is 2.48. The van der Waals surface area contributed by atoms with E-state index < -0.39 is 5.41 Å². The van der Waals surface area contributed by atoms with Crippen LogP contribution in [0.4, 0.5) is 0 Å². The van der Waals surface area contributed by atoms with E-state index in [9.17, 15) is 9.59 Å². The van der Waals surface area contributed by atoms with Gasteiger partial charge in [0, 0.05) is 41.9 Å². The average Bonchev–Trinajstić information content (AvgIpc) is 3.30. The molecule has 1 aromatic heterocycles. The quantitative estimate of drug-likeness (QED) is 0.888. The normalized spacial score (nSPS) is 24.3. The molecule has 4 rings (SSSR count). The van der Waals surface area contributed by atoms with Gasteiger partial charge in [-0.3, -0.25) is 9.59 Å². The van der Waals surface area contributed by atoms with Crippen LogP contribution in [0.15, 0.2) is 54.5 Å². The topological polar surface area (TPSA) is 81.2 Å². The summed E-state index contributed by atoms with van der Waals surface area (Å²) in [6.07, 6.45) is 7.04. The first-order valence-corrected chi connectivity index (χ1v) is 9.22. The summed E-state index contributed by atoms with van der Waals surface area (Å²) in [5.41, 5.74) is 7.23. The lowest BCUT2D eigenvalue weighted by atomic mass is 9.65. The van der Waals surface area contributed by atoms with Crippen molar-refractivity contribution in [3.05, 3.63) is 60.1 Å². The predicted octanol–water partition coefficient (Wildman–Crippen LogP) is 2.55. The van der Waals surface area contributed by atoms with Crippen molar-refractivity contribution in [1.82, 2.24) is 14.7 Å². The Labute approximate surface area is 158 Å². The maximum Gasteiger partial charge on any atom is 0.253 e. The molecule has 1 aliphatic carbocycles. The van der Waals surface area contributed by atoms with Crippen LogP contribution < -0.4 is 5.73 Å². The highest BCUT2D eigenvalue weighted by molar-refractivity contribution is 6.00. The minimum Gasteiger partial charge on any atom is -0.396 e. The lowest BCUT2D eigenvalue weighted by molar-refractivity contribution is -0.125. The summed E-state index contributed by atoms with van der Waals surface area (Å²) in [6, 6.07) is 9.32. The summed E-state index contributed by atoms with van der Waals surface area (Å²) in [5, 5.41) is 4.20. The van der Waals surface area contributed by atoms with E-state index in [4.69, 9.17) is 5.73 Å². The van der Waals surface area contributed by atoms with Gasteiger partial charge in [-0.25, -0.2) is 4.68 Å². The molecule has 0 saturated carbocycles. The van der Waals surface area contributed by atoms with Gasteiger partial charge in [0.15, 0.2) is 5.78 Å². The summed E-state index contributed by atoms with van der Waals surface area (Å²) in [7, 11) is 0. The van der Waals surface area contributed by atoms with Crippen LogP contribution in [0.2, 0.25) is 0 Å². The summed E-state index contributed by atoms with van der Waals surface area (Å²) in [4.78, 5) is 27.1. The van der Waals surface area contributed by atoms with Gasteiger partial charge in [0.05, 0.1) is 11.4 Å². The van der Waals surface area contributed by atoms with Gasteiger partial charge in [-0.1, -0.05) is 13.8 Å². The Bertz CT molecular complexity index is 912. The molecule has 1 fully saturated rings. The van der Waals surface area contributed by atoms with Crippen LogP contribution >= 0.6 is 0 Å². The van der Waals surface area contributed by atoms with Crippen LogP contribution in [-0.4, -0.2) is 39.5 Å². The molecule has 1 aromatic carbocycles. The molecule has 6 nitrogen and oxygen atoms in total. The second-order valence-corrected chi connectivity index (χ2v) is 8.33. The number of likely N-dealkylation sites (tertiary alicyclic amines) is 1. The Hall–Kier alpha value is -2.89. The number of carbonyl (C=O) groups is 2. The van der Waals surface area contributed by atoms with Gasteiger partial charge in [0.25, 0.3) is 5.91 Å². The predicted molar refractivity (Wildman–Crippen MR) is 102 cm³/mol. The van der Waals surface area contributed by atoms with Gasteiger partial charge < -0.3 is 10.6 Å². The van der Waals surface area contributed by atoms with Crippen molar-refractivity contribution < 1.29 is 9.59 Å². The summed E-state index contributed by atoms with van der Waals surface area (Å²) in [5.74, 6) is 0.0210. The lowest BCUT2D eigenvalue weighted by Gasteiger charge is -2.39. The van der Waals surface area contributed by atoms with E-state index in [-0.39, 0.29) is 17.1 Å². The number of hydrogen-bond donors (Lipinski definition) is 1. The molecule has 6 heteroatoms. The van der Waals surface area contributed by atoms with E-state index in [2.05, 4.69) is 5.10 Å². The maximum absolute atomic E-state index is 13.0. The fourth-order valence-corrected chi connectivity index (χ4v) is 4.49. The van der Waals surface area contributed by atoms with Crippen molar-refractivity contribution in [2.75, 3.05) is 13.1 Å². The SMILES string of the molecule is CC1(C)C[C@@]2(C=C(N)C1=O)CCN(C(=O)c1ccc(-n3cccn3)cc1)C2. The zero-order valence-corrected chi connectivity index (χ0v) is 15.7. The molecule has 2 aliphatic rings. The summed E-state index contributed by atoms with van der Waals surface area (Å²) in [6.45, 7) is 5.16. The molecule has 0 bridgehead atoms. The summed E-state index contributed by atoms with van der Waals surface area (Å²) < 4.78 is 1.76. The van der Waals surface area contributed by atoms with Crippen molar-refractivity contribution in [3.63, 3.8) is 0 Å². The van der Waals surface area contributed by atoms with Crippen molar-refractivity contribution >= 4 is 11.7 Å². The number of amides is 1. The summed E-state index contributed by atoms with van der Waals surface area (Å²) >= 11 is 0. The van der Waals surface area contributed by atoms with Crippen LogP contribution in [0.5, 0.6) is 0 Å². The third kappa shape index (κ3) is 3.05. The van der Waals surface area contributed by atoms with Crippen LogP contribution in [0.3, 0.4) is 0 Å². The number of nitrogens with two attached hydrogens (primary N) is 1. The smallest absolute Gasteiger partial charge is 0.253 e. The molecule has 2 N–H and O–H groups in total. The van der Waals surface area contributed by atoms with Crippen LogP contribution in [0, 0.1) is 10.8 Å². The largest absolute Gasteiger partial charge is 0.396 e. The molecule has 2 heterocycles. The molecule has 1 spiro atoms. The second kappa shape index (κ2) is 6.08. The highest BCUT2D eigenvalue weighted by Crippen LogP contribution is 2.47. The molecule has 140 valence electrons. The molecular weight excluding hydrogens is 340 g/mol. The van der Waals surface area contributed by atoms with E-state index in [0.29, 0.717) is 24.4 Å². The maximum atomic E-state index is 13.0. The third-order valence-electron chi connectivity index (χ3n) is 5.69. The molecule has 1 saturated heterocycles. The molecular formula is C21H24N4O2. The van der Waals surface area contributed by atoms with Crippen molar-refractivity contribution in [1.29, 1.82) is 0 Å². The first kappa shape index (κ1) is 17.5. The van der Waals surface area contributed by atoms with Crippen LogP contribution in [-0.2, 0) is 4.79 Å². The van der Waals surface area contributed by atoms with Gasteiger partial charge >= 0.3 is 0 Å². The lowest BCUT2D eigenvalue weighted by Crippen LogP contribution is -2.42. The number of hydrogen-bond acceptors (Lipinski definition) is 4. The average molecular weight is 364 g/mol. The van der Waals surface area contributed by atoms with Crippen molar-refractivity contribution in [2.45, 2.75) is 26.7 Å². The van der Waals surface area contributed by atoms with E-state index in [1.807, 2.05) is 61.4 Å². The fourth-order valence-electron chi connectivity index (χ4n) is 4.49. The molecule has 1 aliphatic heterocycles. The monoisotopic (exact) mass is 364 g/mol. The standard InChI is InChI=1S/C21H24N4O2/c1-20(2)13-21(12-17(22)18(20)26)8-11-24(14-21)19(27)15-4-6-16(7-5-15)25-10-3-9-23-25/h3-7,9-10,12H,8,11,13-14,22H2,1-2H3/t21-/m0/s1. The number of rotatable bonds is 2. The van der Waals surface area contributed by atoms with Gasteiger partial charge in [-0.05, 0) is 49.2 Å². The fraction of sp³-hybridized carbons (Fsp3) is 0.381. The van der Waals surface area contributed by atoms with Gasteiger partial charge in [0.2, 0.25) is 0 Å². The number of nitrogens with zero attached hydrogens (tertiary/aromatic N) is 3. The highest BCUT2D eigenvalue weighted by atomic mass is 16.2. The molecule has 27 heavy (non-hydrogen) atoms. The Balaban J connectivity index is 1.52. The molecule has 2 aromatic rings. The van der Waals surface area contributed by atoms with E-state index in [1.54, 1.807) is 10.9 Å². The molecule has 0 radical (unpaired) electrons. The van der Waals surface area contributed by atoms with Crippen molar-refractivity contribution in [3.8, 4) is 5.69 Å². The number of carbonyl (C=O) groups excluding carboxylic acids is 2. The first-order valence-electron chi connectivity index (χ1n) is 9.22. The third-order valence-corrected chi connectivity index (χ3v) is 5.69. The van der Waals surface area contributed by atoms with Crippen LogP contribution in [0.1, 0.15) is 37.0 Å². The second-order valence-electron chi connectivity index (χ2n) is 8.33. The Kier molecular flexibility index (Phi) is 3.94. The zero-order valence-electron chi connectivity index (χ0n) is 15.7. The van der Waals surface area contributed by atoms with Crippen molar-refractivity contribution in [2.24, 2.45) is 16.6 Å². The number of ketones is 1. The van der Waals surface area contributed by atoms with E-state index in [0.717, 1.165) is 18.5 Å². The molecule has 0 unspecified atom stereocenters. The molecule has 1 atom stereocenters. The van der Waals surface area contributed by atoms with E-state index >= 15 is 0 Å². The number of Topliss-reactive ketones (excluding diaryl/α,β-unsaturated/α-hetero) is 1. The van der Waals surface area contributed by atoms with Gasteiger partial charge in [0.1, 0.15) is 0 Å². The number of benzene rings is 1. The van der Waals surface area contributed by atoms with Gasteiger partial charge in [-0.2, -0.15) is 5.10 Å². The first-order chi connectivity index (χ1) is 12.8. The Morgan fingerprint density at radius 1 is 1.22 bits per heavy atom. The Morgan fingerprint density at radius 2 is 1.96 bits per heavy atom. The number of aromatic nitrogens is 2. The zero-order chi connectivity index (χ0) is 19.2. The van der Waals surface area contributed by atoms with E-state index in [1.165, 1.54) is 0 Å². The number of allylic oxidation sites excluding steroid dienone is 1. The minimum absolute atomic E-state index is 0.00658. The molecule has 1 amide bonds. The Morgan fingerprint density at radius 3 is 2.59 bits per heavy atom.